The van der Waals surface area contributed by atoms with E-state index in [1.54, 1.807) is 6.07 Å². The molecule has 0 amide bonds. The van der Waals surface area contributed by atoms with Crippen molar-refractivity contribution < 1.29 is 0 Å². The van der Waals surface area contributed by atoms with E-state index in [1.807, 2.05) is 18.9 Å². The zero-order valence-corrected chi connectivity index (χ0v) is 13.0. The molecule has 5 heteroatoms. The molecule has 0 aliphatic rings. The number of hydrogen-bond acceptors (Lipinski definition) is 4. The molecule has 20 heavy (non-hydrogen) atoms. The van der Waals surface area contributed by atoms with Gasteiger partial charge in [-0.25, -0.2) is 9.97 Å². The summed E-state index contributed by atoms with van der Waals surface area (Å²) in [5.74, 6) is 0.595. The Morgan fingerprint density at radius 2 is 1.65 bits per heavy atom. The van der Waals surface area contributed by atoms with Crippen LogP contribution >= 0.6 is 12.2 Å². The number of hydrogen-bond donors (Lipinski definition) is 1. The van der Waals surface area contributed by atoms with Crippen molar-refractivity contribution in [2.75, 3.05) is 11.9 Å². The second-order valence-electron chi connectivity index (χ2n) is 4.96. The van der Waals surface area contributed by atoms with Crippen LogP contribution in [0.3, 0.4) is 0 Å². The molecule has 2 aromatic rings. The van der Waals surface area contributed by atoms with E-state index < -0.39 is 0 Å². The minimum Gasteiger partial charge on any atom is -0.388 e. The zero-order chi connectivity index (χ0) is 14.9. The predicted octanol–water partition coefficient (Wildman–Crippen LogP) is 2.80. The molecule has 0 aliphatic carbocycles. The smallest absolute Gasteiger partial charge is 0.230 e. The monoisotopic (exact) mass is 286 g/mol. The van der Waals surface area contributed by atoms with Gasteiger partial charge in [-0.2, -0.15) is 0 Å². The lowest BCUT2D eigenvalue weighted by molar-refractivity contribution is 1.00. The van der Waals surface area contributed by atoms with Crippen molar-refractivity contribution in [1.29, 1.82) is 0 Å². The quantitative estimate of drug-likeness (QED) is 0.879. The van der Waals surface area contributed by atoms with Gasteiger partial charge < -0.3 is 10.6 Å². The topological polar surface area (TPSA) is 55.0 Å². The standard InChI is InChI=1S/C15H18N4S/c1-9-5-10(2)7-12(6-9)19(4)15-17-11(3)8-13(18-15)14(16)20/h5-8H,1-4H3,(H2,16,20). The number of nitrogens with two attached hydrogens (primary N) is 1. The maximum Gasteiger partial charge on any atom is 0.230 e. The molecule has 4 nitrogen and oxygen atoms in total. The molecule has 0 spiro atoms. The van der Waals surface area contributed by atoms with Crippen molar-refractivity contribution in [3.63, 3.8) is 0 Å². The maximum absolute atomic E-state index is 5.66. The van der Waals surface area contributed by atoms with Gasteiger partial charge in [0.2, 0.25) is 5.95 Å². The Morgan fingerprint density at radius 3 is 2.20 bits per heavy atom. The number of aryl methyl sites for hydroxylation is 3. The summed E-state index contributed by atoms with van der Waals surface area (Å²) < 4.78 is 0. The number of anilines is 2. The van der Waals surface area contributed by atoms with Gasteiger partial charge in [0, 0.05) is 18.4 Å². The van der Waals surface area contributed by atoms with Gasteiger partial charge in [-0.05, 0) is 50.1 Å². The Hall–Kier alpha value is -2.01. The van der Waals surface area contributed by atoms with Gasteiger partial charge in [0.05, 0.1) is 0 Å². The van der Waals surface area contributed by atoms with Crippen LogP contribution in [-0.4, -0.2) is 22.0 Å². The molecule has 0 aliphatic heterocycles. The first-order chi connectivity index (χ1) is 9.36. The fourth-order valence-electron chi connectivity index (χ4n) is 2.09. The normalized spacial score (nSPS) is 10.4. The largest absolute Gasteiger partial charge is 0.388 e. The fraction of sp³-hybridized carbons (Fsp3) is 0.267. The highest BCUT2D eigenvalue weighted by Crippen LogP contribution is 2.23. The van der Waals surface area contributed by atoms with Crippen LogP contribution in [0.5, 0.6) is 0 Å². The molecule has 0 fully saturated rings. The van der Waals surface area contributed by atoms with Gasteiger partial charge in [-0.3, -0.25) is 0 Å². The first-order valence-electron chi connectivity index (χ1n) is 6.34. The lowest BCUT2D eigenvalue weighted by Gasteiger charge is -2.19. The van der Waals surface area contributed by atoms with Crippen LogP contribution in [0.15, 0.2) is 24.3 Å². The van der Waals surface area contributed by atoms with Crippen LogP contribution in [0.4, 0.5) is 11.6 Å². The van der Waals surface area contributed by atoms with Crippen molar-refractivity contribution in [1.82, 2.24) is 9.97 Å². The summed E-state index contributed by atoms with van der Waals surface area (Å²) in [5.41, 5.74) is 10.5. The van der Waals surface area contributed by atoms with E-state index in [4.69, 9.17) is 18.0 Å². The molecule has 104 valence electrons. The highest BCUT2D eigenvalue weighted by Gasteiger charge is 2.11. The lowest BCUT2D eigenvalue weighted by Crippen LogP contribution is -2.18. The SMILES string of the molecule is Cc1cc(C)cc(N(C)c2nc(C)cc(C(N)=S)n2)c1. The Bertz CT molecular complexity index is 647. The molecule has 2 rings (SSSR count). The number of aromatic nitrogens is 2. The number of thiocarbonyl (C=S) groups is 1. The Balaban J connectivity index is 2.47. The number of benzene rings is 1. The molecule has 0 atom stereocenters. The summed E-state index contributed by atoms with van der Waals surface area (Å²) in [5, 5.41) is 0. The fourth-order valence-corrected chi connectivity index (χ4v) is 2.19. The summed E-state index contributed by atoms with van der Waals surface area (Å²) in [7, 11) is 1.94. The van der Waals surface area contributed by atoms with E-state index in [1.165, 1.54) is 11.1 Å². The van der Waals surface area contributed by atoms with Crippen LogP contribution in [0.2, 0.25) is 0 Å². The number of rotatable bonds is 3. The first kappa shape index (κ1) is 14.4. The van der Waals surface area contributed by atoms with Gasteiger partial charge in [-0.1, -0.05) is 18.3 Å². The summed E-state index contributed by atoms with van der Waals surface area (Å²) in [6.45, 7) is 6.05. The molecular weight excluding hydrogens is 268 g/mol. The number of nitrogens with zero attached hydrogens (tertiary/aromatic N) is 3. The van der Waals surface area contributed by atoms with Gasteiger partial charge in [0.1, 0.15) is 10.7 Å². The van der Waals surface area contributed by atoms with E-state index >= 15 is 0 Å². The van der Waals surface area contributed by atoms with E-state index in [-0.39, 0.29) is 4.99 Å². The van der Waals surface area contributed by atoms with Crippen LogP contribution in [0.1, 0.15) is 22.5 Å². The van der Waals surface area contributed by atoms with Gasteiger partial charge in [-0.15, -0.1) is 0 Å². The van der Waals surface area contributed by atoms with Crippen LogP contribution in [0, 0.1) is 20.8 Å². The van der Waals surface area contributed by atoms with Crippen LogP contribution in [-0.2, 0) is 0 Å². The molecule has 2 N–H and O–H groups in total. The average molecular weight is 286 g/mol. The molecular formula is C15H18N4S. The molecule has 1 aromatic carbocycles. The third kappa shape index (κ3) is 3.11. The molecule has 1 aromatic heterocycles. The summed E-state index contributed by atoms with van der Waals surface area (Å²) >= 11 is 5.00. The van der Waals surface area contributed by atoms with Gasteiger partial charge >= 0.3 is 0 Å². The summed E-state index contributed by atoms with van der Waals surface area (Å²) in [4.78, 5) is 11.1. The summed E-state index contributed by atoms with van der Waals surface area (Å²) in [6.07, 6.45) is 0. The third-order valence-corrected chi connectivity index (χ3v) is 3.20. The Morgan fingerprint density at radius 1 is 1.05 bits per heavy atom. The Labute approximate surface area is 124 Å². The van der Waals surface area contributed by atoms with E-state index in [2.05, 4.69) is 42.0 Å². The van der Waals surface area contributed by atoms with Crippen molar-refractivity contribution in [2.45, 2.75) is 20.8 Å². The van der Waals surface area contributed by atoms with Crippen molar-refractivity contribution in [2.24, 2.45) is 5.73 Å². The van der Waals surface area contributed by atoms with E-state index in [0.29, 0.717) is 11.6 Å². The van der Waals surface area contributed by atoms with Crippen LogP contribution in [0.25, 0.3) is 0 Å². The van der Waals surface area contributed by atoms with Crippen LogP contribution < -0.4 is 10.6 Å². The predicted molar refractivity (Wildman–Crippen MR) is 86.6 cm³/mol. The second-order valence-corrected chi connectivity index (χ2v) is 5.40. The van der Waals surface area contributed by atoms with Gasteiger partial charge in [0.15, 0.2) is 0 Å². The van der Waals surface area contributed by atoms with Crippen molar-refractivity contribution in [3.8, 4) is 0 Å². The minimum atomic E-state index is 0.283. The molecule has 0 bridgehead atoms. The molecule has 1 heterocycles. The van der Waals surface area contributed by atoms with Crippen molar-refractivity contribution in [3.05, 3.63) is 46.8 Å². The van der Waals surface area contributed by atoms with Gasteiger partial charge in [0.25, 0.3) is 0 Å². The van der Waals surface area contributed by atoms with Crippen molar-refractivity contribution >= 4 is 28.8 Å². The molecule has 0 saturated carbocycles. The maximum atomic E-state index is 5.66. The lowest BCUT2D eigenvalue weighted by atomic mass is 10.1. The molecule has 0 unspecified atom stereocenters. The molecule has 0 saturated heterocycles. The highest BCUT2D eigenvalue weighted by atomic mass is 32.1. The zero-order valence-electron chi connectivity index (χ0n) is 12.1. The first-order valence-corrected chi connectivity index (χ1v) is 6.75. The van der Waals surface area contributed by atoms with E-state index in [0.717, 1.165) is 11.4 Å². The average Bonchev–Trinajstić information content (AvgIpc) is 2.35. The third-order valence-electron chi connectivity index (χ3n) is 2.99. The molecule has 0 radical (unpaired) electrons. The second kappa shape index (κ2) is 5.54. The van der Waals surface area contributed by atoms with E-state index in [9.17, 15) is 0 Å². The highest BCUT2D eigenvalue weighted by molar-refractivity contribution is 7.80. The summed E-state index contributed by atoms with van der Waals surface area (Å²) in [6, 6.07) is 8.12. The minimum absolute atomic E-state index is 0.283. The Kier molecular flexibility index (Phi) is 3.99.